The van der Waals surface area contributed by atoms with E-state index in [0.29, 0.717) is 11.7 Å². The lowest BCUT2D eigenvalue weighted by atomic mass is 10.3. The van der Waals surface area contributed by atoms with Crippen molar-refractivity contribution in [3.05, 3.63) is 34.4 Å². The van der Waals surface area contributed by atoms with E-state index in [-0.39, 0.29) is 0 Å². The van der Waals surface area contributed by atoms with Gasteiger partial charge in [-0.05, 0) is 39.4 Å². The zero-order valence-corrected chi connectivity index (χ0v) is 15.3. The van der Waals surface area contributed by atoms with Gasteiger partial charge in [0.15, 0.2) is 5.11 Å². The minimum Gasteiger partial charge on any atom is -0.363 e. The standard InChI is InChI=1S/C15H23ClN6S/c1-4-21-10-13(9-19-21)8-18-15(23)17-6-5-7-22-12(3)14(16)11(2)20-22/h9-10H,4-8H2,1-3H3,(H2,17,18,23). The number of rotatable bonds is 7. The van der Waals surface area contributed by atoms with Gasteiger partial charge < -0.3 is 10.6 Å². The van der Waals surface area contributed by atoms with Crippen molar-refractivity contribution in [3.63, 3.8) is 0 Å². The van der Waals surface area contributed by atoms with Gasteiger partial charge in [0, 0.05) is 37.9 Å². The molecule has 0 radical (unpaired) electrons. The Hall–Kier alpha value is -1.60. The summed E-state index contributed by atoms with van der Waals surface area (Å²) in [4.78, 5) is 0. The molecule has 126 valence electrons. The molecular formula is C15H23ClN6S. The van der Waals surface area contributed by atoms with Crippen LogP contribution < -0.4 is 10.6 Å². The second-order valence-electron chi connectivity index (χ2n) is 5.38. The second kappa shape index (κ2) is 8.31. The van der Waals surface area contributed by atoms with Crippen LogP contribution in [-0.4, -0.2) is 31.2 Å². The Bertz CT molecular complexity index is 663. The number of hydrogen-bond donors (Lipinski definition) is 2. The summed E-state index contributed by atoms with van der Waals surface area (Å²) in [6.45, 7) is 9.13. The van der Waals surface area contributed by atoms with Gasteiger partial charge in [0.2, 0.25) is 0 Å². The van der Waals surface area contributed by atoms with E-state index in [1.165, 1.54) is 0 Å². The molecule has 0 bridgehead atoms. The van der Waals surface area contributed by atoms with Crippen molar-refractivity contribution in [1.29, 1.82) is 0 Å². The van der Waals surface area contributed by atoms with Crippen molar-refractivity contribution in [1.82, 2.24) is 30.2 Å². The Morgan fingerprint density at radius 1 is 1.35 bits per heavy atom. The first-order valence-electron chi connectivity index (χ1n) is 7.73. The number of aryl methyl sites for hydroxylation is 3. The fourth-order valence-corrected chi connectivity index (χ4v) is 2.55. The highest BCUT2D eigenvalue weighted by atomic mass is 35.5. The zero-order chi connectivity index (χ0) is 16.8. The van der Waals surface area contributed by atoms with E-state index >= 15 is 0 Å². The Labute approximate surface area is 147 Å². The van der Waals surface area contributed by atoms with Gasteiger partial charge >= 0.3 is 0 Å². The third kappa shape index (κ3) is 4.94. The number of hydrogen-bond acceptors (Lipinski definition) is 3. The lowest BCUT2D eigenvalue weighted by molar-refractivity contribution is 0.556. The van der Waals surface area contributed by atoms with Crippen LogP contribution in [0.25, 0.3) is 0 Å². The summed E-state index contributed by atoms with van der Waals surface area (Å²) in [5.41, 5.74) is 3.01. The van der Waals surface area contributed by atoms with E-state index < -0.39 is 0 Å². The quantitative estimate of drug-likeness (QED) is 0.590. The van der Waals surface area contributed by atoms with E-state index in [1.807, 2.05) is 35.6 Å². The molecule has 0 atom stereocenters. The van der Waals surface area contributed by atoms with Crippen LogP contribution in [0.5, 0.6) is 0 Å². The average Bonchev–Trinajstić information content (AvgIpc) is 3.10. The van der Waals surface area contributed by atoms with Crippen LogP contribution in [0.1, 0.15) is 30.3 Å². The van der Waals surface area contributed by atoms with Gasteiger partial charge in [-0.3, -0.25) is 9.36 Å². The molecule has 0 saturated heterocycles. The Morgan fingerprint density at radius 2 is 2.13 bits per heavy atom. The summed E-state index contributed by atoms with van der Waals surface area (Å²) in [5, 5.41) is 16.4. The van der Waals surface area contributed by atoms with Crippen LogP contribution in [-0.2, 0) is 19.6 Å². The van der Waals surface area contributed by atoms with E-state index in [4.69, 9.17) is 23.8 Å². The largest absolute Gasteiger partial charge is 0.363 e. The molecule has 2 N–H and O–H groups in total. The molecule has 2 rings (SSSR count). The molecule has 0 aliphatic carbocycles. The topological polar surface area (TPSA) is 59.7 Å². The van der Waals surface area contributed by atoms with E-state index in [2.05, 4.69) is 27.8 Å². The van der Waals surface area contributed by atoms with Crippen molar-refractivity contribution >= 4 is 28.9 Å². The summed E-state index contributed by atoms with van der Waals surface area (Å²) in [5.74, 6) is 0. The summed E-state index contributed by atoms with van der Waals surface area (Å²) in [7, 11) is 0. The van der Waals surface area contributed by atoms with Crippen molar-refractivity contribution in [2.24, 2.45) is 0 Å². The molecule has 0 spiro atoms. The van der Waals surface area contributed by atoms with Crippen molar-refractivity contribution < 1.29 is 0 Å². The van der Waals surface area contributed by atoms with E-state index in [0.717, 1.165) is 48.0 Å². The van der Waals surface area contributed by atoms with Crippen LogP contribution in [0.15, 0.2) is 12.4 Å². The monoisotopic (exact) mass is 354 g/mol. The molecule has 0 aromatic carbocycles. The minimum atomic E-state index is 0.653. The van der Waals surface area contributed by atoms with Crippen molar-refractivity contribution in [3.8, 4) is 0 Å². The number of thiocarbonyl (C=S) groups is 1. The first-order chi connectivity index (χ1) is 11.0. The third-order valence-electron chi connectivity index (χ3n) is 3.59. The molecule has 6 nitrogen and oxygen atoms in total. The van der Waals surface area contributed by atoms with Gasteiger partial charge in [0.05, 0.1) is 22.6 Å². The molecular weight excluding hydrogens is 332 g/mol. The Morgan fingerprint density at radius 3 is 2.74 bits per heavy atom. The lowest BCUT2D eigenvalue weighted by Crippen LogP contribution is -2.35. The zero-order valence-electron chi connectivity index (χ0n) is 13.8. The Balaban J connectivity index is 1.65. The van der Waals surface area contributed by atoms with Crippen LogP contribution in [0.2, 0.25) is 5.02 Å². The molecule has 2 heterocycles. The highest BCUT2D eigenvalue weighted by molar-refractivity contribution is 7.80. The maximum absolute atomic E-state index is 6.14. The molecule has 2 aromatic rings. The predicted molar refractivity (Wildman–Crippen MR) is 96.7 cm³/mol. The number of aromatic nitrogens is 4. The molecule has 0 amide bonds. The van der Waals surface area contributed by atoms with E-state index in [1.54, 1.807) is 0 Å². The lowest BCUT2D eigenvalue weighted by Gasteiger charge is -2.10. The molecule has 0 unspecified atom stereocenters. The first-order valence-corrected chi connectivity index (χ1v) is 8.52. The molecule has 0 aliphatic heterocycles. The third-order valence-corrected chi connectivity index (χ3v) is 4.42. The first kappa shape index (κ1) is 17.7. The van der Waals surface area contributed by atoms with Crippen molar-refractivity contribution in [2.75, 3.05) is 6.54 Å². The maximum Gasteiger partial charge on any atom is 0.166 e. The van der Waals surface area contributed by atoms with Gasteiger partial charge in [-0.1, -0.05) is 11.6 Å². The Kier molecular flexibility index (Phi) is 6.41. The van der Waals surface area contributed by atoms with Gasteiger partial charge in [-0.25, -0.2) is 0 Å². The highest BCUT2D eigenvalue weighted by Gasteiger charge is 2.08. The van der Waals surface area contributed by atoms with Gasteiger partial charge in [-0.2, -0.15) is 10.2 Å². The minimum absolute atomic E-state index is 0.653. The van der Waals surface area contributed by atoms with Crippen LogP contribution in [0.4, 0.5) is 0 Å². The fourth-order valence-electron chi connectivity index (χ4n) is 2.24. The maximum atomic E-state index is 6.14. The molecule has 0 saturated carbocycles. The molecule has 0 aliphatic rings. The van der Waals surface area contributed by atoms with Crippen LogP contribution in [0, 0.1) is 13.8 Å². The fraction of sp³-hybridized carbons (Fsp3) is 0.533. The molecule has 2 aromatic heterocycles. The number of nitrogens with zero attached hydrogens (tertiary/aromatic N) is 4. The second-order valence-corrected chi connectivity index (χ2v) is 6.16. The van der Waals surface area contributed by atoms with Crippen LogP contribution in [0.3, 0.4) is 0 Å². The van der Waals surface area contributed by atoms with Gasteiger partial charge in [0.1, 0.15) is 0 Å². The summed E-state index contributed by atoms with van der Waals surface area (Å²) < 4.78 is 3.84. The summed E-state index contributed by atoms with van der Waals surface area (Å²) >= 11 is 11.4. The molecule has 8 heteroatoms. The molecule has 23 heavy (non-hydrogen) atoms. The SMILES string of the molecule is CCn1cc(CNC(=S)NCCCn2nc(C)c(Cl)c2C)cn1. The summed E-state index contributed by atoms with van der Waals surface area (Å²) in [6.07, 6.45) is 4.79. The average molecular weight is 355 g/mol. The van der Waals surface area contributed by atoms with Gasteiger partial charge in [-0.15, -0.1) is 0 Å². The molecule has 0 fully saturated rings. The van der Waals surface area contributed by atoms with Crippen LogP contribution >= 0.6 is 23.8 Å². The predicted octanol–water partition coefficient (Wildman–Crippen LogP) is 2.42. The van der Waals surface area contributed by atoms with E-state index in [9.17, 15) is 0 Å². The highest BCUT2D eigenvalue weighted by Crippen LogP contribution is 2.18. The number of halogens is 1. The number of nitrogens with one attached hydrogen (secondary N) is 2. The smallest absolute Gasteiger partial charge is 0.166 e. The van der Waals surface area contributed by atoms with Crippen molar-refractivity contribution in [2.45, 2.75) is 46.8 Å². The summed E-state index contributed by atoms with van der Waals surface area (Å²) in [6, 6.07) is 0. The normalized spacial score (nSPS) is 10.8. The van der Waals surface area contributed by atoms with Gasteiger partial charge in [0.25, 0.3) is 0 Å².